The summed E-state index contributed by atoms with van der Waals surface area (Å²) in [5.74, 6) is 1.81. The number of rotatable bonds is 4. The second kappa shape index (κ2) is 5.91. The number of ether oxygens (including phenoxy) is 1. The lowest BCUT2D eigenvalue weighted by atomic mass is 10.1. The lowest BCUT2D eigenvalue weighted by Crippen LogP contribution is -2.12. The second-order valence-electron chi connectivity index (χ2n) is 4.81. The maximum Gasteiger partial charge on any atom is 0.181 e. The van der Waals surface area contributed by atoms with Gasteiger partial charge in [-0.2, -0.15) is 5.10 Å². The molecule has 1 fully saturated rings. The van der Waals surface area contributed by atoms with Crippen LogP contribution in [0.15, 0.2) is 24.3 Å². The van der Waals surface area contributed by atoms with Gasteiger partial charge in [0.15, 0.2) is 5.82 Å². The van der Waals surface area contributed by atoms with E-state index in [0.29, 0.717) is 24.0 Å². The van der Waals surface area contributed by atoms with Gasteiger partial charge in [-0.25, -0.2) is 9.67 Å². The third-order valence-corrected chi connectivity index (χ3v) is 3.66. The van der Waals surface area contributed by atoms with Crippen molar-refractivity contribution < 1.29 is 9.84 Å². The topological polar surface area (TPSA) is 60.2 Å². The quantitative estimate of drug-likeness (QED) is 0.938. The number of hydrogen-bond acceptors (Lipinski definition) is 4. The molecule has 1 atom stereocenters. The summed E-state index contributed by atoms with van der Waals surface area (Å²) >= 11 is 5.89. The number of aliphatic hydroxyl groups is 1. The molecule has 0 amide bonds. The number of aliphatic hydroxyl groups excluding tert-OH is 1. The SMILES string of the molecule is OCCn1nc(-c2ccc(Cl)cc2)nc1[C@H]1CCOC1. The molecule has 6 heteroatoms. The van der Waals surface area contributed by atoms with E-state index in [4.69, 9.17) is 21.4 Å². The maximum atomic E-state index is 9.17. The minimum Gasteiger partial charge on any atom is -0.394 e. The Kier molecular flexibility index (Phi) is 4.00. The van der Waals surface area contributed by atoms with Crippen molar-refractivity contribution in [1.29, 1.82) is 0 Å². The Labute approximate surface area is 122 Å². The fourth-order valence-electron chi connectivity index (χ4n) is 2.37. The van der Waals surface area contributed by atoms with Gasteiger partial charge >= 0.3 is 0 Å². The van der Waals surface area contributed by atoms with Gasteiger partial charge in [0.2, 0.25) is 0 Å². The molecule has 106 valence electrons. The Balaban J connectivity index is 1.95. The highest BCUT2D eigenvalue weighted by Gasteiger charge is 2.24. The van der Waals surface area contributed by atoms with E-state index < -0.39 is 0 Å². The van der Waals surface area contributed by atoms with Gasteiger partial charge < -0.3 is 9.84 Å². The summed E-state index contributed by atoms with van der Waals surface area (Å²) in [6.45, 7) is 1.92. The summed E-state index contributed by atoms with van der Waals surface area (Å²) in [6.07, 6.45) is 0.949. The van der Waals surface area contributed by atoms with E-state index >= 15 is 0 Å². The van der Waals surface area contributed by atoms with Crippen molar-refractivity contribution >= 4 is 11.6 Å². The fourth-order valence-corrected chi connectivity index (χ4v) is 2.50. The number of aromatic nitrogens is 3. The van der Waals surface area contributed by atoms with Crippen molar-refractivity contribution in [2.45, 2.75) is 18.9 Å². The van der Waals surface area contributed by atoms with Crippen LogP contribution in [0.5, 0.6) is 0 Å². The molecule has 2 aromatic rings. The third kappa shape index (κ3) is 2.70. The van der Waals surface area contributed by atoms with Gasteiger partial charge in [-0.1, -0.05) is 11.6 Å². The van der Waals surface area contributed by atoms with E-state index in [0.717, 1.165) is 24.4 Å². The van der Waals surface area contributed by atoms with Crippen molar-refractivity contribution in [1.82, 2.24) is 14.8 Å². The predicted octanol–water partition coefficient (Wildman–Crippen LogP) is 2.09. The molecule has 1 saturated heterocycles. The van der Waals surface area contributed by atoms with E-state index in [9.17, 15) is 0 Å². The summed E-state index contributed by atoms with van der Waals surface area (Å²) in [7, 11) is 0. The van der Waals surface area contributed by atoms with E-state index in [1.165, 1.54) is 0 Å². The van der Waals surface area contributed by atoms with E-state index in [1.54, 1.807) is 4.68 Å². The van der Waals surface area contributed by atoms with Crippen molar-refractivity contribution in [3.63, 3.8) is 0 Å². The van der Waals surface area contributed by atoms with Crippen LogP contribution < -0.4 is 0 Å². The van der Waals surface area contributed by atoms with Crippen LogP contribution in [0.4, 0.5) is 0 Å². The van der Waals surface area contributed by atoms with Gasteiger partial charge in [0.25, 0.3) is 0 Å². The van der Waals surface area contributed by atoms with Crippen LogP contribution in [-0.4, -0.2) is 39.7 Å². The molecule has 0 aliphatic carbocycles. The molecule has 1 aliphatic heterocycles. The van der Waals surface area contributed by atoms with Gasteiger partial charge in [-0.05, 0) is 30.7 Å². The zero-order valence-corrected chi connectivity index (χ0v) is 11.8. The lowest BCUT2D eigenvalue weighted by molar-refractivity contribution is 0.192. The molecule has 5 nitrogen and oxygen atoms in total. The van der Waals surface area contributed by atoms with Crippen molar-refractivity contribution in [2.75, 3.05) is 19.8 Å². The average molecular weight is 294 g/mol. The Bertz CT molecular complexity index is 577. The highest BCUT2D eigenvalue weighted by Crippen LogP contribution is 2.26. The molecule has 1 aromatic carbocycles. The Morgan fingerprint density at radius 2 is 2.15 bits per heavy atom. The van der Waals surface area contributed by atoms with Gasteiger partial charge in [0, 0.05) is 23.1 Å². The first-order valence-corrected chi connectivity index (χ1v) is 7.05. The van der Waals surface area contributed by atoms with Crippen LogP contribution in [0, 0.1) is 0 Å². The smallest absolute Gasteiger partial charge is 0.181 e. The number of halogens is 1. The van der Waals surface area contributed by atoms with E-state index in [1.807, 2.05) is 24.3 Å². The molecule has 1 N–H and O–H groups in total. The van der Waals surface area contributed by atoms with Crippen LogP contribution >= 0.6 is 11.6 Å². The molecule has 3 rings (SSSR count). The molecule has 20 heavy (non-hydrogen) atoms. The standard InChI is InChI=1S/C14H16ClN3O2/c15-12-3-1-10(2-4-12)13-16-14(11-5-8-20-9-11)18(17-13)6-7-19/h1-4,11,19H,5-9H2/t11-/m0/s1. The Hall–Kier alpha value is -1.43. The Morgan fingerprint density at radius 1 is 1.35 bits per heavy atom. The highest BCUT2D eigenvalue weighted by atomic mass is 35.5. The third-order valence-electron chi connectivity index (χ3n) is 3.41. The van der Waals surface area contributed by atoms with Crippen LogP contribution in [-0.2, 0) is 11.3 Å². The zero-order chi connectivity index (χ0) is 13.9. The van der Waals surface area contributed by atoms with Gasteiger partial charge in [0.1, 0.15) is 5.82 Å². The summed E-state index contributed by atoms with van der Waals surface area (Å²) in [5, 5.41) is 14.3. The summed E-state index contributed by atoms with van der Waals surface area (Å²) in [5.41, 5.74) is 0.922. The summed E-state index contributed by atoms with van der Waals surface area (Å²) in [4.78, 5) is 4.63. The minimum absolute atomic E-state index is 0.0456. The summed E-state index contributed by atoms with van der Waals surface area (Å²) < 4.78 is 7.20. The number of hydrogen-bond donors (Lipinski definition) is 1. The average Bonchev–Trinajstić information content (AvgIpc) is 3.09. The summed E-state index contributed by atoms with van der Waals surface area (Å²) in [6, 6.07) is 7.44. The molecule has 2 heterocycles. The van der Waals surface area contributed by atoms with Crippen LogP contribution in [0.2, 0.25) is 5.02 Å². The molecule has 0 spiro atoms. The molecule has 1 aliphatic rings. The van der Waals surface area contributed by atoms with Gasteiger partial charge in [-0.15, -0.1) is 0 Å². The number of benzene rings is 1. The predicted molar refractivity (Wildman–Crippen MR) is 75.7 cm³/mol. The molecule has 0 unspecified atom stereocenters. The van der Waals surface area contributed by atoms with Crippen LogP contribution in [0.3, 0.4) is 0 Å². The molecule has 0 saturated carbocycles. The normalized spacial score (nSPS) is 18.6. The largest absolute Gasteiger partial charge is 0.394 e. The van der Waals surface area contributed by atoms with E-state index in [-0.39, 0.29) is 12.5 Å². The number of nitrogens with zero attached hydrogens (tertiary/aromatic N) is 3. The van der Waals surface area contributed by atoms with Crippen molar-refractivity contribution in [3.8, 4) is 11.4 Å². The minimum atomic E-state index is 0.0456. The molecule has 0 radical (unpaired) electrons. The Morgan fingerprint density at radius 3 is 2.80 bits per heavy atom. The van der Waals surface area contributed by atoms with Crippen molar-refractivity contribution in [2.24, 2.45) is 0 Å². The first-order valence-electron chi connectivity index (χ1n) is 6.67. The molecule has 0 bridgehead atoms. The first-order chi connectivity index (χ1) is 9.78. The van der Waals surface area contributed by atoms with Crippen LogP contribution in [0.25, 0.3) is 11.4 Å². The maximum absolute atomic E-state index is 9.17. The van der Waals surface area contributed by atoms with Crippen LogP contribution in [0.1, 0.15) is 18.2 Å². The zero-order valence-electron chi connectivity index (χ0n) is 11.0. The molecular weight excluding hydrogens is 278 g/mol. The molecule has 1 aromatic heterocycles. The van der Waals surface area contributed by atoms with Gasteiger partial charge in [-0.3, -0.25) is 0 Å². The van der Waals surface area contributed by atoms with E-state index in [2.05, 4.69) is 10.1 Å². The fraction of sp³-hybridized carbons (Fsp3) is 0.429. The molecular formula is C14H16ClN3O2. The first kappa shape index (κ1) is 13.5. The van der Waals surface area contributed by atoms with Crippen molar-refractivity contribution in [3.05, 3.63) is 35.1 Å². The van der Waals surface area contributed by atoms with Gasteiger partial charge in [0.05, 0.1) is 19.8 Å². The monoisotopic (exact) mass is 293 g/mol. The lowest BCUT2D eigenvalue weighted by Gasteiger charge is -2.07. The second-order valence-corrected chi connectivity index (χ2v) is 5.24. The highest BCUT2D eigenvalue weighted by molar-refractivity contribution is 6.30.